The molecule has 1 atom stereocenters. The molecule has 0 bridgehead atoms. The van der Waals surface area contributed by atoms with Gasteiger partial charge in [-0.1, -0.05) is 6.08 Å². The molecule has 0 aromatic carbocycles. The van der Waals surface area contributed by atoms with Crippen LogP contribution < -0.4 is 5.73 Å². The second kappa shape index (κ2) is 8.40. The lowest BCUT2D eigenvalue weighted by Crippen LogP contribution is -2.46. The molecule has 0 heterocycles. The molecule has 0 aliphatic rings. The van der Waals surface area contributed by atoms with Gasteiger partial charge in [-0.15, -0.1) is 6.58 Å². The Morgan fingerprint density at radius 2 is 2.33 bits per heavy atom. The van der Waals surface area contributed by atoms with Crippen LogP contribution in [-0.2, 0) is 9.53 Å². The van der Waals surface area contributed by atoms with Crippen molar-refractivity contribution in [1.82, 2.24) is 4.90 Å². The zero-order chi connectivity index (χ0) is 11.7. The molecule has 3 N–H and O–H groups in total. The molecule has 0 saturated heterocycles. The summed E-state index contributed by atoms with van der Waals surface area (Å²) >= 11 is 0. The Labute approximate surface area is 90.5 Å². The third kappa shape index (κ3) is 5.51. The van der Waals surface area contributed by atoms with Crippen LogP contribution in [0.4, 0.5) is 0 Å². The van der Waals surface area contributed by atoms with Gasteiger partial charge in [0, 0.05) is 20.2 Å². The number of aliphatic hydroxyl groups excluding tert-OH is 1. The smallest absolute Gasteiger partial charge is 0.239 e. The van der Waals surface area contributed by atoms with E-state index in [0.29, 0.717) is 19.6 Å². The topological polar surface area (TPSA) is 75.8 Å². The number of rotatable bonds is 8. The Kier molecular flexibility index (Phi) is 7.89. The third-order valence-electron chi connectivity index (χ3n) is 1.98. The third-order valence-corrected chi connectivity index (χ3v) is 1.98. The zero-order valence-corrected chi connectivity index (χ0v) is 9.19. The molecule has 0 aromatic rings. The molecule has 0 fully saturated rings. The highest BCUT2D eigenvalue weighted by atomic mass is 16.5. The van der Waals surface area contributed by atoms with Crippen molar-refractivity contribution >= 4 is 5.91 Å². The van der Waals surface area contributed by atoms with Gasteiger partial charge in [-0.3, -0.25) is 4.79 Å². The summed E-state index contributed by atoms with van der Waals surface area (Å²) in [5, 5.41) is 8.80. The molecule has 1 unspecified atom stereocenters. The number of carbonyl (C=O) groups excluding carboxylic acids is 1. The Balaban J connectivity index is 4.19. The van der Waals surface area contributed by atoms with E-state index < -0.39 is 6.04 Å². The van der Waals surface area contributed by atoms with E-state index in [1.54, 1.807) is 13.2 Å². The number of carbonyl (C=O) groups is 1. The summed E-state index contributed by atoms with van der Waals surface area (Å²) in [4.78, 5) is 13.2. The van der Waals surface area contributed by atoms with Crippen LogP contribution in [0.15, 0.2) is 12.7 Å². The van der Waals surface area contributed by atoms with Crippen molar-refractivity contribution in [2.75, 3.05) is 33.4 Å². The molecule has 0 radical (unpaired) electrons. The summed E-state index contributed by atoms with van der Waals surface area (Å²) in [7, 11) is 1.56. The molecule has 0 rings (SSSR count). The minimum Gasteiger partial charge on any atom is -0.395 e. The van der Waals surface area contributed by atoms with Crippen molar-refractivity contribution in [2.24, 2.45) is 5.73 Å². The average molecular weight is 216 g/mol. The number of hydrogen-bond donors (Lipinski definition) is 2. The zero-order valence-electron chi connectivity index (χ0n) is 9.19. The maximum Gasteiger partial charge on any atom is 0.239 e. The van der Waals surface area contributed by atoms with Gasteiger partial charge in [-0.2, -0.15) is 0 Å². The fourth-order valence-corrected chi connectivity index (χ4v) is 1.17. The van der Waals surface area contributed by atoms with Gasteiger partial charge in [-0.05, 0) is 6.42 Å². The summed E-state index contributed by atoms with van der Waals surface area (Å²) in [6, 6.07) is -0.578. The first-order chi connectivity index (χ1) is 7.17. The van der Waals surface area contributed by atoms with E-state index in [1.165, 1.54) is 4.90 Å². The monoisotopic (exact) mass is 216 g/mol. The molecule has 0 aliphatic heterocycles. The Morgan fingerprint density at radius 3 is 2.80 bits per heavy atom. The summed E-state index contributed by atoms with van der Waals surface area (Å²) in [5.74, 6) is -0.180. The predicted octanol–water partition coefficient (Wildman–Crippen LogP) is -0.643. The van der Waals surface area contributed by atoms with Gasteiger partial charge < -0.3 is 20.5 Å². The Hall–Kier alpha value is -0.910. The molecular weight excluding hydrogens is 196 g/mol. The molecule has 15 heavy (non-hydrogen) atoms. The van der Waals surface area contributed by atoms with Crippen LogP contribution in [0.3, 0.4) is 0 Å². The van der Waals surface area contributed by atoms with Gasteiger partial charge in [-0.25, -0.2) is 0 Å². The summed E-state index contributed by atoms with van der Waals surface area (Å²) < 4.78 is 4.87. The fraction of sp³-hybridized carbons (Fsp3) is 0.700. The minimum atomic E-state index is -0.578. The van der Waals surface area contributed by atoms with E-state index in [2.05, 4.69) is 6.58 Å². The lowest BCUT2D eigenvalue weighted by atomic mass is 10.2. The van der Waals surface area contributed by atoms with E-state index in [9.17, 15) is 4.79 Å². The number of methoxy groups -OCH3 is 1. The van der Waals surface area contributed by atoms with Crippen molar-refractivity contribution in [3.63, 3.8) is 0 Å². The molecular formula is C10H20N2O3. The van der Waals surface area contributed by atoms with Gasteiger partial charge in [0.15, 0.2) is 0 Å². The molecule has 5 heteroatoms. The highest BCUT2D eigenvalue weighted by Gasteiger charge is 2.18. The Bertz CT molecular complexity index is 197. The van der Waals surface area contributed by atoms with Crippen molar-refractivity contribution in [3.05, 3.63) is 12.7 Å². The van der Waals surface area contributed by atoms with Crippen LogP contribution in [0.2, 0.25) is 0 Å². The van der Waals surface area contributed by atoms with Crippen molar-refractivity contribution < 1.29 is 14.6 Å². The van der Waals surface area contributed by atoms with Crippen molar-refractivity contribution in [3.8, 4) is 0 Å². The average Bonchev–Trinajstić information content (AvgIpc) is 2.23. The lowest BCUT2D eigenvalue weighted by molar-refractivity contribution is -0.133. The summed E-state index contributed by atoms with van der Waals surface area (Å²) in [6.07, 6.45) is 2.05. The predicted molar refractivity (Wildman–Crippen MR) is 58.3 cm³/mol. The van der Waals surface area contributed by atoms with Crippen LogP contribution in [0.1, 0.15) is 6.42 Å². The van der Waals surface area contributed by atoms with Crippen LogP contribution >= 0.6 is 0 Å². The summed E-state index contributed by atoms with van der Waals surface area (Å²) in [6.45, 7) is 4.62. The first-order valence-corrected chi connectivity index (χ1v) is 4.92. The first kappa shape index (κ1) is 14.1. The second-order valence-corrected chi connectivity index (χ2v) is 3.17. The largest absolute Gasteiger partial charge is 0.395 e. The van der Waals surface area contributed by atoms with E-state index in [4.69, 9.17) is 15.6 Å². The van der Waals surface area contributed by atoms with Gasteiger partial charge in [0.25, 0.3) is 0 Å². The number of nitrogens with two attached hydrogens (primary N) is 1. The van der Waals surface area contributed by atoms with Gasteiger partial charge in [0.05, 0.1) is 19.3 Å². The molecule has 0 saturated carbocycles. The van der Waals surface area contributed by atoms with E-state index >= 15 is 0 Å². The molecule has 0 aromatic heterocycles. The minimum absolute atomic E-state index is 0.0732. The summed E-state index contributed by atoms with van der Waals surface area (Å²) in [5.41, 5.74) is 5.65. The van der Waals surface area contributed by atoms with Gasteiger partial charge in [0.1, 0.15) is 0 Å². The maximum absolute atomic E-state index is 11.7. The maximum atomic E-state index is 11.7. The molecule has 1 amide bonds. The van der Waals surface area contributed by atoms with Crippen LogP contribution in [0.25, 0.3) is 0 Å². The molecule has 5 nitrogen and oxygen atoms in total. The molecule has 0 aliphatic carbocycles. The van der Waals surface area contributed by atoms with Gasteiger partial charge in [0.2, 0.25) is 5.91 Å². The normalized spacial score (nSPS) is 12.2. The number of hydrogen-bond acceptors (Lipinski definition) is 4. The molecule has 0 spiro atoms. The van der Waals surface area contributed by atoms with Crippen LogP contribution in [0, 0.1) is 0 Å². The van der Waals surface area contributed by atoms with Crippen molar-refractivity contribution in [2.45, 2.75) is 12.5 Å². The highest BCUT2D eigenvalue weighted by molar-refractivity contribution is 5.81. The van der Waals surface area contributed by atoms with Crippen LogP contribution in [-0.4, -0.2) is 55.4 Å². The number of amides is 1. The van der Waals surface area contributed by atoms with Crippen LogP contribution in [0.5, 0.6) is 0 Å². The van der Waals surface area contributed by atoms with Crippen molar-refractivity contribution in [1.29, 1.82) is 0 Å². The van der Waals surface area contributed by atoms with Gasteiger partial charge >= 0.3 is 0 Å². The van der Waals surface area contributed by atoms with E-state index in [-0.39, 0.29) is 19.1 Å². The Morgan fingerprint density at radius 1 is 1.67 bits per heavy atom. The lowest BCUT2D eigenvalue weighted by Gasteiger charge is -2.24. The fourth-order valence-electron chi connectivity index (χ4n) is 1.17. The first-order valence-electron chi connectivity index (χ1n) is 4.92. The number of nitrogens with zero attached hydrogens (tertiary/aromatic N) is 1. The highest BCUT2D eigenvalue weighted by Crippen LogP contribution is 1.98. The number of aliphatic hydroxyl groups is 1. The number of ether oxygens (including phenoxy) is 1. The SMILES string of the molecule is C=CCC(N)C(=O)N(CCO)CCOC. The molecule has 88 valence electrons. The van der Waals surface area contributed by atoms with E-state index in [0.717, 1.165) is 0 Å². The standard InChI is InChI=1S/C10H20N2O3/c1-3-4-9(11)10(14)12(5-7-13)6-8-15-2/h3,9,13H,1,4-8,11H2,2H3. The second-order valence-electron chi connectivity index (χ2n) is 3.17. The quantitative estimate of drug-likeness (QED) is 0.529. The van der Waals surface area contributed by atoms with E-state index in [1.807, 2.05) is 0 Å².